The second kappa shape index (κ2) is 6.42. The van der Waals surface area contributed by atoms with Gasteiger partial charge < -0.3 is 10.1 Å². The Bertz CT molecular complexity index is 345. The summed E-state index contributed by atoms with van der Waals surface area (Å²) in [7, 11) is 0. The first kappa shape index (κ1) is 13.7. The molecule has 0 amide bonds. The van der Waals surface area contributed by atoms with E-state index in [1.165, 1.54) is 12.1 Å². The van der Waals surface area contributed by atoms with Crippen LogP contribution in [0.1, 0.15) is 12.8 Å². The predicted octanol–water partition coefficient (Wildman–Crippen LogP) is 3.14. The van der Waals surface area contributed by atoms with E-state index >= 15 is 0 Å². The molecule has 90 valence electrons. The van der Waals surface area contributed by atoms with E-state index in [9.17, 15) is 4.39 Å². The van der Waals surface area contributed by atoms with Gasteiger partial charge in [0.1, 0.15) is 17.7 Å². The molecule has 5 heteroatoms. The lowest BCUT2D eigenvalue weighted by atomic mass is 10.1. The Kier molecular flexibility index (Phi) is 5.52. The van der Waals surface area contributed by atoms with Gasteiger partial charge in [-0.1, -0.05) is 0 Å². The summed E-state index contributed by atoms with van der Waals surface area (Å²) in [6.45, 7) is 1.98. The minimum Gasteiger partial charge on any atom is -0.489 e. The summed E-state index contributed by atoms with van der Waals surface area (Å²) in [5, 5.41) is 3.27. The van der Waals surface area contributed by atoms with Crippen LogP contribution in [0.3, 0.4) is 0 Å². The molecule has 1 N–H and O–H groups in total. The zero-order valence-corrected chi connectivity index (χ0v) is 11.1. The Morgan fingerprint density at radius 2 is 2.00 bits per heavy atom. The largest absolute Gasteiger partial charge is 0.489 e. The smallest absolute Gasteiger partial charge is 0.134 e. The van der Waals surface area contributed by atoms with Crippen molar-refractivity contribution in [3.8, 4) is 5.75 Å². The van der Waals surface area contributed by atoms with Gasteiger partial charge in [-0.05, 0) is 60.1 Å². The van der Waals surface area contributed by atoms with Crippen LogP contribution in [0.25, 0.3) is 0 Å². The van der Waals surface area contributed by atoms with Crippen molar-refractivity contribution in [2.24, 2.45) is 0 Å². The molecule has 0 saturated carbocycles. The number of benzene rings is 1. The summed E-state index contributed by atoms with van der Waals surface area (Å²) in [5.74, 6) is 0.475. The van der Waals surface area contributed by atoms with Crippen LogP contribution in [-0.2, 0) is 0 Å². The van der Waals surface area contributed by atoms with E-state index in [1.807, 2.05) is 0 Å². The van der Waals surface area contributed by atoms with Gasteiger partial charge >= 0.3 is 0 Å². The van der Waals surface area contributed by atoms with E-state index in [2.05, 4.69) is 21.2 Å². The number of piperidine rings is 1. The molecule has 1 saturated heterocycles. The highest BCUT2D eigenvalue weighted by atomic mass is 79.9. The average molecular weight is 311 g/mol. The van der Waals surface area contributed by atoms with Crippen molar-refractivity contribution in [2.45, 2.75) is 18.9 Å². The summed E-state index contributed by atoms with van der Waals surface area (Å²) in [6.07, 6.45) is 2.25. The Hall–Kier alpha value is -0.320. The molecule has 16 heavy (non-hydrogen) atoms. The van der Waals surface area contributed by atoms with Gasteiger partial charge in [-0.15, -0.1) is 12.4 Å². The summed E-state index contributed by atoms with van der Waals surface area (Å²) in [4.78, 5) is 0. The molecular formula is C11H14BrClFNO. The van der Waals surface area contributed by atoms with Crippen molar-refractivity contribution in [2.75, 3.05) is 13.1 Å². The standard InChI is InChI=1S/C11H13BrFNO.ClH/c12-10-7-8(13)1-2-11(10)15-9-3-5-14-6-4-9;/h1-2,7,9,14H,3-6H2;1H. The molecule has 0 aromatic heterocycles. The monoisotopic (exact) mass is 309 g/mol. The Morgan fingerprint density at radius 3 is 2.62 bits per heavy atom. The summed E-state index contributed by atoms with van der Waals surface area (Å²) >= 11 is 3.29. The lowest BCUT2D eigenvalue weighted by molar-refractivity contribution is 0.161. The van der Waals surface area contributed by atoms with Crippen LogP contribution in [0.4, 0.5) is 4.39 Å². The quantitative estimate of drug-likeness (QED) is 0.906. The van der Waals surface area contributed by atoms with Gasteiger partial charge in [0.25, 0.3) is 0 Å². The molecule has 1 aromatic carbocycles. The number of hydrogen-bond acceptors (Lipinski definition) is 2. The number of halogens is 3. The van der Waals surface area contributed by atoms with Gasteiger partial charge in [0.05, 0.1) is 4.47 Å². The van der Waals surface area contributed by atoms with Crippen LogP contribution >= 0.6 is 28.3 Å². The molecule has 1 aliphatic heterocycles. The molecule has 0 atom stereocenters. The van der Waals surface area contributed by atoms with Gasteiger partial charge in [0, 0.05) is 0 Å². The molecular weight excluding hydrogens is 296 g/mol. The van der Waals surface area contributed by atoms with E-state index in [0.29, 0.717) is 4.47 Å². The minimum absolute atomic E-state index is 0. The molecule has 1 aromatic rings. The second-order valence-electron chi connectivity index (χ2n) is 3.64. The summed E-state index contributed by atoms with van der Waals surface area (Å²) in [6, 6.07) is 4.51. The lowest BCUT2D eigenvalue weighted by Crippen LogP contribution is -2.34. The first-order valence-electron chi connectivity index (χ1n) is 5.08. The molecule has 1 aliphatic rings. The maximum atomic E-state index is 12.8. The van der Waals surface area contributed by atoms with Crippen LogP contribution in [0, 0.1) is 5.82 Å². The fraction of sp³-hybridized carbons (Fsp3) is 0.455. The zero-order chi connectivity index (χ0) is 10.7. The number of ether oxygens (including phenoxy) is 1. The Morgan fingerprint density at radius 1 is 1.31 bits per heavy atom. The summed E-state index contributed by atoms with van der Waals surface area (Å²) in [5.41, 5.74) is 0. The first-order chi connectivity index (χ1) is 7.25. The molecule has 1 fully saturated rings. The molecule has 0 spiro atoms. The normalized spacial score (nSPS) is 16.6. The molecule has 0 bridgehead atoms. The van der Waals surface area contributed by atoms with E-state index in [0.717, 1.165) is 31.7 Å². The number of hydrogen-bond donors (Lipinski definition) is 1. The van der Waals surface area contributed by atoms with Crippen molar-refractivity contribution < 1.29 is 9.13 Å². The molecule has 2 nitrogen and oxygen atoms in total. The minimum atomic E-state index is -0.250. The lowest BCUT2D eigenvalue weighted by Gasteiger charge is -2.24. The van der Waals surface area contributed by atoms with Crippen molar-refractivity contribution in [1.29, 1.82) is 0 Å². The highest BCUT2D eigenvalue weighted by Crippen LogP contribution is 2.27. The fourth-order valence-corrected chi connectivity index (χ4v) is 2.11. The Labute approximate surface area is 109 Å². The van der Waals surface area contributed by atoms with Crippen LogP contribution in [0.2, 0.25) is 0 Å². The van der Waals surface area contributed by atoms with Gasteiger partial charge in [0.2, 0.25) is 0 Å². The maximum Gasteiger partial charge on any atom is 0.134 e. The third-order valence-electron chi connectivity index (χ3n) is 2.47. The molecule has 0 aliphatic carbocycles. The third kappa shape index (κ3) is 3.61. The number of rotatable bonds is 2. The van der Waals surface area contributed by atoms with Crippen LogP contribution in [0.5, 0.6) is 5.75 Å². The van der Waals surface area contributed by atoms with Gasteiger partial charge in [-0.3, -0.25) is 0 Å². The SMILES string of the molecule is Cl.Fc1ccc(OC2CCNCC2)c(Br)c1. The van der Waals surface area contributed by atoms with E-state index in [4.69, 9.17) is 4.74 Å². The van der Waals surface area contributed by atoms with Crippen LogP contribution in [-0.4, -0.2) is 19.2 Å². The predicted molar refractivity (Wildman–Crippen MR) is 67.9 cm³/mol. The summed E-state index contributed by atoms with van der Waals surface area (Å²) < 4.78 is 19.3. The van der Waals surface area contributed by atoms with E-state index in [-0.39, 0.29) is 24.3 Å². The van der Waals surface area contributed by atoms with Gasteiger partial charge in [-0.2, -0.15) is 0 Å². The topological polar surface area (TPSA) is 21.3 Å². The second-order valence-corrected chi connectivity index (χ2v) is 4.50. The maximum absolute atomic E-state index is 12.8. The molecule has 0 unspecified atom stereocenters. The van der Waals surface area contributed by atoms with Crippen molar-refractivity contribution in [1.82, 2.24) is 5.32 Å². The van der Waals surface area contributed by atoms with Crippen LogP contribution in [0.15, 0.2) is 22.7 Å². The van der Waals surface area contributed by atoms with E-state index in [1.54, 1.807) is 6.07 Å². The average Bonchev–Trinajstić information content (AvgIpc) is 2.24. The molecule has 0 radical (unpaired) electrons. The van der Waals surface area contributed by atoms with Crippen molar-refractivity contribution >= 4 is 28.3 Å². The zero-order valence-electron chi connectivity index (χ0n) is 8.71. The van der Waals surface area contributed by atoms with Gasteiger partial charge in [0.15, 0.2) is 0 Å². The molecule has 2 rings (SSSR count). The highest BCUT2D eigenvalue weighted by molar-refractivity contribution is 9.10. The fourth-order valence-electron chi connectivity index (χ4n) is 1.66. The van der Waals surface area contributed by atoms with Crippen molar-refractivity contribution in [3.05, 3.63) is 28.5 Å². The van der Waals surface area contributed by atoms with Crippen molar-refractivity contribution in [3.63, 3.8) is 0 Å². The highest BCUT2D eigenvalue weighted by Gasteiger charge is 2.15. The van der Waals surface area contributed by atoms with Gasteiger partial charge in [-0.25, -0.2) is 4.39 Å². The molecule has 1 heterocycles. The third-order valence-corrected chi connectivity index (χ3v) is 3.09. The number of nitrogens with one attached hydrogen (secondary N) is 1. The Balaban J connectivity index is 0.00000128. The first-order valence-corrected chi connectivity index (χ1v) is 5.87. The van der Waals surface area contributed by atoms with Crippen LogP contribution < -0.4 is 10.1 Å². The van der Waals surface area contributed by atoms with E-state index < -0.39 is 0 Å².